The maximum atomic E-state index is 12.1. The molecule has 0 atom stereocenters. The van der Waals surface area contributed by atoms with Crippen LogP contribution in [-0.2, 0) is 4.79 Å². The molecule has 0 radical (unpaired) electrons. The van der Waals surface area contributed by atoms with E-state index in [-0.39, 0.29) is 5.91 Å². The molecule has 1 amide bonds. The summed E-state index contributed by atoms with van der Waals surface area (Å²) in [5.74, 6) is 1.42. The molecule has 0 fully saturated rings. The highest BCUT2D eigenvalue weighted by atomic mass is 16.5. The van der Waals surface area contributed by atoms with Crippen LogP contribution in [0.15, 0.2) is 60.8 Å². The van der Waals surface area contributed by atoms with E-state index in [0.717, 1.165) is 28.3 Å². The Kier molecular flexibility index (Phi) is 4.15. The molecule has 2 heterocycles. The molecule has 6 nitrogen and oxygen atoms in total. The largest absolute Gasteiger partial charge is 0.494 e. The Balaban J connectivity index is 1.51. The molecular weight excluding hydrogens is 328 g/mol. The van der Waals surface area contributed by atoms with Crippen molar-refractivity contribution in [1.29, 1.82) is 0 Å². The van der Waals surface area contributed by atoms with Gasteiger partial charge in [0.1, 0.15) is 11.6 Å². The molecule has 2 aromatic carbocycles. The monoisotopic (exact) mass is 346 g/mol. The summed E-state index contributed by atoms with van der Waals surface area (Å²) in [6.07, 6.45) is 1.69. The molecule has 130 valence electrons. The van der Waals surface area contributed by atoms with E-state index in [1.807, 2.05) is 61.5 Å². The number of ether oxygens (including phenoxy) is 1. The SMILES string of the molecule is CCOc1ccc(-c2cc(NC=C3C(=O)Nc4ccccc43)[nH]n2)cc1. The smallest absolute Gasteiger partial charge is 0.257 e. The van der Waals surface area contributed by atoms with Crippen molar-refractivity contribution in [2.45, 2.75) is 6.92 Å². The third kappa shape index (κ3) is 3.04. The number of nitrogens with one attached hydrogen (secondary N) is 3. The van der Waals surface area contributed by atoms with Crippen LogP contribution in [0.1, 0.15) is 12.5 Å². The first-order valence-electron chi connectivity index (χ1n) is 8.40. The van der Waals surface area contributed by atoms with Gasteiger partial charge in [0.25, 0.3) is 5.91 Å². The molecule has 0 spiro atoms. The second-order valence-electron chi connectivity index (χ2n) is 5.83. The van der Waals surface area contributed by atoms with Gasteiger partial charge in [-0.3, -0.25) is 9.89 Å². The van der Waals surface area contributed by atoms with Gasteiger partial charge in [-0.05, 0) is 37.3 Å². The Labute approximate surface area is 150 Å². The number of para-hydroxylation sites is 1. The van der Waals surface area contributed by atoms with E-state index in [1.165, 1.54) is 0 Å². The van der Waals surface area contributed by atoms with Gasteiger partial charge in [-0.1, -0.05) is 18.2 Å². The Morgan fingerprint density at radius 1 is 1.15 bits per heavy atom. The van der Waals surface area contributed by atoms with Gasteiger partial charge in [-0.15, -0.1) is 0 Å². The van der Waals surface area contributed by atoms with E-state index in [9.17, 15) is 4.79 Å². The molecule has 1 aliphatic heterocycles. The summed E-state index contributed by atoms with van der Waals surface area (Å²) in [5, 5.41) is 13.2. The fraction of sp³-hybridized carbons (Fsp3) is 0.100. The number of aromatic amines is 1. The van der Waals surface area contributed by atoms with Crippen molar-refractivity contribution in [3.05, 3.63) is 66.4 Å². The molecule has 6 heteroatoms. The van der Waals surface area contributed by atoms with Crippen molar-refractivity contribution >= 4 is 23.0 Å². The van der Waals surface area contributed by atoms with Gasteiger partial charge in [0.2, 0.25) is 0 Å². The molecule has 4 rings (SSSR count). The van der Waals surface area contributed by atoms with Crippen LogP contribution in [0.3, 0.4) is 0 Å². The Morgan fingerprint density at radius 3 is 2.77 bits per heavy atom. The van der Waals surface area contributed by atoms with Crippen LogP contribution in [0.2, 0.25) is 0 Å². The van der Waals surface area contributed by atoms with E-state index < -0.39 is 0 Å². The van der Waals surface area contributed by atoms with E-state index in [0.29, 0.717) is 18.0 Å². The standard InChI is InChI=1S/C20H18N4O2/c1-2-26-14-9-7-13(8-10-14)18-11-19(24-23-18)21-12-16-15-5-3-4-6-17(15)22-20(16)25/h3-12H,2H2,1H3,(H,22,25)(H2,21,23,24). The number of nitrogens with zero attached hydrogens (tertiary/aromatic N) is 1. The van der Waals surface area contributed by atoms with Gasteiger partial charge >= 0.3 is 0 Å². The highest BCUT2D eigenvalue weighted by molar-refractivity contribution is 6.31. The maximum absolute atomic E-state index is 12.1. The fourth-order valence-electron chi connectivity index (χ4n) is 2.86. The number of hydrogen-bond donors (Lipinski definition) is 3. The first-order valence-corrected chi connectivity index (χ1v) is 8.40. The van der Waals surface area contributed by atoms with Gasteiger partial charge in [0.15, 0.2) is 0 Å². The summed E-state index contributed by atoms with van der Waals surface area (Å²) in [6.45, 7) is 2.60. The third-order valence-electron chi connectivity index (χ3n) is 4.12. The van der Waals surface area contributed by atoms with Gasteiger partial charge in [-0.25, -0.2) is 0 Å². The number of amides is 1. The summed E-state index contributed by atoms with van der Waals surface area (Å²) >= 11 is 0. The summed E-state index contributed by atoms with van der Waals surface area (Å²) in [7, 11) is 0. The van der Waals surface area contributed by atoms with E-state index >= 15 is 0 Å². The summed E-state index contributed by atoms with van der Waals surface area (Å²) < 4.78 is 5.45. The minimum atomic E-state index is -0.120. The molecule has 3 N–H and O–H groups in total. The first kappa shape index (κ1) is 16.0. The van der Waals surface area contributed by atoms with Crippen molar-refractivity contribution in [1.82, 2.24) is 10.2 Å². The number of H-pyrrole nitrogens is 1. The lowest BCUT2D eigenvalue weighted by molar-refractivity contribution is -0.110. The van der Waals surface area contributed by atoms with Crippen molar-refractivity contribution < 1.29 is 9.53 Å². The zero-order valence-corrected chi connectivity index (χ0v) is 14.2. The van der Waals surface area contributed by atoms with Gasteiger partial charge < -0.3 is 15.4 Å². The quantitative estimate of drug-likeness (QED) is 0.613. The van der Waals surface area contributed by atoms with Crippen LogP contribution in [0.5, 0.6) is 5.75 Å². The highest BCUT2D eigenvalue weighted by Crippen LogP contribution is 2.31. The summed E-state index contributed by atoms with van der Waals surface area (Å²) in [4.78, 5) is 12.1. The number of carbonyl (C=O) groups is 1. The molecule has 1 aromatic heterocycles. The molecule has 0 aliphatic carbocycles. The topological polar surface area (TPSA) is 79.0 Å². The van der Waals surface area contributed by atoms with E-state index in [1.54, 1.807) is 6.20 Å². The molecule has 0 saturated heterocycles. The Bertz CT molecular complexity index is 973. The number of aromatic nitrogens is 2. The molecule has 1 aliphatic rings. The molecule has 0 bridgehead atoms. The Hall–Kier alpha value is -3.54. The lowest BCUT2D eigenvalue weighted by atomic mass is 10.1. The van der Waals surface area contributed by atoms with Crippen molar-refractivity contribution in [2.24, 2.45) is 0 Å². The first-order chi connectivity index (χ1) is 12.7. The van der Waals surface area contributed by atoms with Gasteiger partial charge in [0.05, 0.1) is 17.9 Å². The Morgan fingerprint density at radius 2 is 1.96 bits per heavy atom. The van der Waals surface area contributed by atoms with Crippen molar-refractivity contribution in [2.75, 3.05) is 17.2 Å². The predicted octanol–water partition coefficient (Wildman–Crippen LogP) is 3.88. The second kappa shape index (κ2) is 6.76. The number of rotatable bonds is 5. The van der Waals surface area contributed by atoms with Crippen LogP contribution >= 0.6 is 0 Å². The lowest BCUT2D eigenvalue weighted by Crippen LogP contribution is -2.05. The lowest BCUT2D eigenvalue weighted by Gasteiger charge is -2.02. The number of benzene rings is 2. The minimum Gasteiger partial charge on any atom is -0.494 e. The molecule has 3 aromatic rings. The average Bonchev–Trinajstić information content (AvgIpc) is 3.25. The minimum absolute atomic E-state index is 0.120. The summed E-state index contributed by atoms with van der Waals surface area (Å²) in [6, 6.07) is 17.3. The van der Waals surface area contributed by atoms with Gasteiger partial charge in [-0.2, -0.15) is 5.10 Å². The molecular formula is C20H18N4O2. The fourth-order valence-corrected chi connectivity index (χ4v) is 2.86. The van der Waals surface area contributed by atoms with Crippen LogP contribution in [-0.4, -0.2) is 22.7 Å². The second-order valence-corrected chi connectivity index (χ2v) is 5.83. The molecule has 0 saturated carbocycles. The number of fused-ring (bicyclic) bond motifs is 1. The van der Waals surface area contributed by atoms with Crippen molar-refractivity contribution in [3.8, 4) is 17.0 Å². The van der Waals surface area contributed by atoms with Crippen LogP contribution < -0.4 is 15.4 Å². The molecule has 0 unspecified atom stereocenters. The van der Waals surface area contributed by atoms with E-state index in [2.05, 4.69) is 20.8 Å². The summed E-state index contributed by atoms with van der Waals surface area (Å²) in [5.41, 5.74) is 4.10. The normalized spacial score (nSPS) is 14.2. The van der Waals surface area contributed by atoms with Crippen LogP contribution in [0.4, 0.5) is 11.5 Å². The van der Waals surface area contributed by atoms with Crippen LogP contribution in [0.25, 0.3) is 16.8 Å². The van der Waals surface area contributed by atoms with Crippen LogP contribution in [0, 0.1) is 0 Å². The zero-order valence-electron chi connectivity index (χ0n) is 14.2. The molecule has 26 heavy (non-hydrogen) atoms. The highest BCUT2D eigenvalue weighted by Gasteiger charge is 2.23. The predicted molar refractivity (Wildman–Crippen MR) is 102 cm³/mol. The number of hydrogen-bond acceptors (Lipinski definition) is 4. The zero-order chi connectivity index (χ0) is 17.9. The number of anilines is 2. The third-order valence-corrected chi connectivity index (χ3v) is 4.12. The van der Waals surface area contributed by atoms with E-state index in [4.69, 9.17) is 4.74 Å². The maximum Gasteiger partial charge on any atom is 0.257 e. The van der Waals surface area contributed by atoms with Gasteiger partial charge in [0, 0.05) is 29.1 Å². The average molecular weight is 346 g/mol. The van der Waals surface area contributed by atoms with Crippen molar-refractivity contribution in [3.63, 3.8) is 0 Å². The number of carbonyl (C=O) groups excluding carboxylic acids is 1.